The summed E-state index contributed by atoms with van der Waals surface area (Å²) >= 11 is 0. The second kappa shape index (κ2) is 4.08. The number of benzene rings is 1. The van der Waals surface area contributed by atoms with Crippen LogP contribution >= 0.6 is 0 Å². The molecule has 3 rings (SSSR count). The first-order valence-corrected chi connectivity index (χ1v) is 7.23. The van der Waals surface area contributed by atoms with Crippen molar-refractivity contribution in [3.8, 4) is 0 Å². The summed E-state index contributed by atoms with van der Waals surface area (Å²) in [6.45, 7) is 0. The van der Waals surface area contributed by atoms with Crippen molar-refractivity contribution in [2.45, 2.75) is 17.5 Å². The largest absolute Gasteiger partial charge is 0.416 e. The Hall–Kier alpha value is -1.83. The first-order chi connectivity index (χ1) is 9.29. The fourth-order valence-electron chi connectivity index (χ4n) is 2.18. The van der Waals surface area contributed by atoms with Crippen LogP contribution < -0.4 is 0 Å². The van der Waals surface area contributed by atoms with Crippen LogP contribution in [-0.2, 0) is 20.9 Å². The van der Waals surface area contributed by atoms with Crippen molar-refractivity contribution >= 4 is 15.5 Å². The van der Waals surface area contributed by atoms with E-state index in [2.05, 4.69) is 5.16 Å². The highest BCUT2D eigenvalue weighted by atomic mass is 32.2. The van der Waals surface area contributed by atoms with Crippen LogP contribution in [0.3, 0.4) is 0 Å². The monoisotopic (exact) mass is 303 g/mol. The Bertz CT molecular complexity index is 704. The van der Waals surface area contributed by atoms with Gasteiger partial charge in [-0.1, -0.05) is 17.3 Å². The highest BCUT2D eigenvalue weighted by Gasteiger charge is 2.46. The topological polar surface area (TPSA) is 55.7 Å². The van der Waals surface area contributed by atoms with E-state index in [4.69, 9.17) is 4.84 Å². The normalized spacial score (nSPS) is 27.1. The molecule has 2 aliphatic rings. The van der Waals surface area contributed by atoms with Gasteiger partial charge in [-0.2, -0.15) is 13.2 Å². The van der Waals surface area contributed by atoms with E-state index in [9.17, 15) is 21.6 Å². The Morgan fingerprint density at radius 3 is 2.40 bits per heavy atom. The van der Waals surface area contributed by atoms with Gasteiger partial charge in [0, 0.05) is 11.0 Å². The molecule has 8 heteroatoms. The third-order valence-electron chi connectivity index (χ3n) is 3.16. The maximum Gasteiger partial charge on any atom is 0.416 e. The van der Waals surface area contributed by atoms with Gasteiger partial charge in [0.2, 0.25) is 0 Å². The van der Waals surface area contributed by atoms with Crippen LogP contribution in [-0.4, -0.2) is 25.5 Å². The zero-order valence-electron chi connectivity index (χ0n) is 9.83. The average Bonchev–Trinajstić information content (AvgIpc) is 2.91. The summed E-state index contributed by atoms with van der Waals surface area (Å²) in [4.78, 5) is 4.98. The summed E-state index contributed by atoms with van der Waals surface area (Å²) in [5.41, 5.74) is -0.365. The van der Waals surface area contributed by atoms with Crippen molar-refractivity contribution in [3.63, 3.8) is 0 Å². The molecule has 0 aromatic heterocycles. The molecule has 0 amide bonds. The first kappa shape index (κ1) is 13.2. The van der Waals surface area contributed by atoms with Gasteiger partial charge in [-0.3, -0.25) is 0 Å². The lowest BCUT2D eigenvalue weighted by atomic mass is 10.0. The Morgan fingerprint density at radius 1 is 1.15 bits per heavy atom. The van der Waals surface area contributed by atoms with Gasteiger partial charge in [0.1, 0.15) is 5.71 Å². The average molecular weight is 303 g/mol. The van der Waals surface area contributed by atoms with E-state index in [1.54, 1.807) is 0 Å². The third-order valence-corrected chi connectivity index (χ3v) is 4.90. The van der Waals surface area contributed by atoms with Gasteiger partial charge in [0.25, 0.3) is 0 Å². The van der Waals surface area contributed by atoms with Gasteiger partial charge < -0.3 is 4.84 Å². The molecule has 4 nitrogen and oxygen atoms in total. The predicted octanol–water partition coefficient (Wildman–Crippen LogP) is 2.12. The number of nitrogens with zero attached hydrogens (tertiary/aromatic N) is 1. The minimum absolute atomic E-state index is 0.133. The molecule has 0 saturated carbocycles. The van der Waals surface area contributed by atoms with E-state index in [1.165, 1.54) is 18.2 Å². The molecule has 0 N–H and O–H groups in total. The minimum Gasteiger partial charge on any atom is -0.386 e. The highest BCUT2D eigenvalue weighted by Crippen LogP contribution is 2.32. The van der Waals surface area contributed by atoms with E-state index in [0.29, 0.717) is 5.56 Å². The number of halogens is 3. The summed E-state index contributed by atoms with van der Waals surface area (Å²) < 4.78 is 61.1. The van der Waals surface area contributed by atoms with Gasteiger partial charge in [0.05, 0.1) is 5.56 Å². The molecule has 1 aromatic rings. The zero-order valence-corrected chi connectivity index (χ0v) is 10.6. The molecule has 2 heterocycles. The number of sulfone groups is 1. The van der Waals surface area contributed by atoms with Crippen molar-refractivity contribution < 1.29 is 26.4 Å². The van der Waals surface area contributed by atoms with Crippen LogP contribution in [0.25, 0.3) is 0 Å². The molecular weight excluding hydrogens is 295 g/mol. The Morgan fingerprint density at radius 2 is 1.80 bits per heavy atom. The molecule has 2 unspecified atom stereocenters. The lowest BCUT2D eigenvalue weighted by Crippen LogP contribution is -2.31. The molecule has 0 fully saturated rings. The number of fused-ring (bicyclic) bond motifs is 1. The summed E-state index contributed by atoms with van der Waals surface area (Å²) in [7, 11) is -3.52. The summed E-state index contributed by atoms with van der Waals surface area (Å²) in [6.07, 6.45) is -3.76. The Kier molecular flexibility index (Phi) is 2.69. The Labute approximate surface area is 112 Å². The molecule has 1 aromatic carbocycles. The van der Waals surface area contributed by atoms with Crippen LogP contribution in [0.5, 0.6) is 0 Å². The highest BCUT2D eigenvalue weighted by molar-refractivity contribution is 7.96. The van der Waals surface area contributed by atoms with Crippen LogP contribution in [0.15, 0.2) is 40.9 Å². The van der Waals surface area contributed by atoms with E-state index >= 15 is 0 Å². The smallest absolute Gasteiger partial charge is 0.386 e. The number of hydrogen-bond donors (Lipinski definition) is 0. The summed E-state index contributed by atoms with van der Waals surface area (Å²) in [6, 6.07) is 4.17. The minimum atomic E-state index is -4.43. The number of hydrogen-bond acceptors (Lipinski definition) is 4. The van der Waals surface area contributed by atoms with Crippen LogP contribution in [0, 0.1) is 0 Å². The van der Waals surface area contributed by atoms with E-state index in [0.717, 1.165) is 17.5 Å². The molecule has 106 valence electrons. The van der Waals surface area contributed by atoms with E-state index < -0.39 is 32.9 Å². The molecule has 0 saturated heterocycles. The van der Waals surface area contributed by atoms with Crippen LogP contribution in [0.2, 0.25) is 0 Å². The van der Waals surface area contributed by atoms with Crippen LogP contribution in [0.4, 0.5) is 13.2 Å². The quantitative estimate of drug-likeness (QED) is 0.798. The summed E-state index contributed by atoms with van der Waals surface area (Å²) in [5.74, 6) is 0. The lowest BCUT2D eigenvalue weighted by molar-refractivity contribution is -0.137. The maximum absolute atomic E-state index is 12.5. The van der Waals surface area contributed by atoms with Gasteiger partial charge in [-0.05, 0) is 18.2 Å². The number of rotatable bonds is 1. The Balaban J connectivity index is 1.95. The van der Waals surface area contributed by atoms with Crippen molar-refractivity contribution in [1.82, 2.24) is 0 Å². The molecule has 0 spiro atoms. The van der Waals surface area contributed by atoms with Crippen molar-refractivity contribution in [2.75, 3.05) is 0 Å². The number of alkyl halides is 3. The van der Waals surface area contributed by atoms with Crippen molar-refractivity contribution in [1.29, 1.82) is 0 Å². The lowest BCUT2D eigenvalue weighted by Gasteiger charge is -2.10. The standard InChI is InChI=1S/C12H8F3NO3S/c13-12(14,15)8-3-1-7(2-4-8)10-11-9(19-16-10)5-6-20(11,17)18/h1-6,9,11H. The van der Waals surface area contributed by atoms with Crippen LogP contribution in [0.1, 0.15) is 11.1 Å². The van der Waals surface area contributed by atoms with E-state index in [-0.39, 0.29) is 5.71 Å². The SMILES string of the molecule is O=S1(=O)C=CC2ON=C(c3ccc(C(F)(F)F)cc3)C21. The molecule has 20 heavy (non-hydrogen) atoms. The zero-order chi connectivity index (χ0) is 14.5. The van der Waals surface area contributed by atoms with Gasteiger partial charge in [-0.25, -0.2) is 8.42 Å². The molecule has 2 aliphatic heterocycles. The van der Waals surface area contributed by atoms with Gasteiger partial charge in [-0.15, -0.1) is 0 Å². The molecule has 0 radical (unpaired) electrons. The molecule has 0 aliphatic carbocycles. The molecular formula is C12H8F3NO3S. The molecule has 0 bridgehead atoms. The van der Waals surface area contributed by atoms with Crippen molar-refractivity contribution in [3.05, 3.63) is 46.9 Å². The number of oxime groups is 1. The second-order valence-electron chi connectivity index (χ2n) is 4.46. The summed E-state index contributed by atoms with van der Waals surface area (Å²) in [5, 5.41) is 3.75. The van der Waals surface area contributed by atoms with Crippen molar-refractivity contribution in [2.24, 2.45) is 5.16 Å². The predicted molar refractivity (Wildman–Crippen MR) is 64.7 cm³/mol. The maximum atomic E-state index is 12.5. The fraction of sp³-hybridized carbons (Fsp3) is 0.250. The third kappa shape index (κ3) is 2.00. The first-order valence-electron chi connectivity index (χ1n) is 5.62. The molecule has 2 atom stereocenters. The second-order valence-corrected chi connectivity index (χ2v) is 6.42. The van der Waals surface area contributed by atoms with Gasteiger partial charge in [0.15, 0.2) is 21.2 Å². The van der Waals surface area contributed by atoms with Gasteiger partial charge >= 0.3 is 6.18 Å². The fourth-order valence-corrected chi connectivity index (χ4v) is 3.73. The van der Waals surface area contributed by atoms with E-state index in [1.807, 2.05) is 0 Å².